The summed E-state index contributed by atoms with van der Waals surface area (Å²) in [5.41, 5.74) is 0.288. The molecule has 6 heteroatoms. The molecule has 1 saturated carbocycles. The van der Waals surface area contributed by atoms with Crippen LogP contribution in [0.2, 0.25) is 0 Å². The first kappa shape index (κ1) is 17.0. The Morgan fingerprint density at radius 3 is 2.35 bits per heavy atom. The fourth-order valence-corrected chi connectivity index (χ4v) is 2.93. The highest BCUT2D eigenvalue weighted by atomic mass is 16.5. The molecule has 6 nitrogen and oxygen atoms in total. The number of esters is 1. The second-order valence-corrected chi connectivity index (χ2v) is 5.68. The summed E-state index contributed by atoms with van der Waals surface area (Å²) < 4.78 is 5.23. The van der Waals surface area contributed by atoms with E-state index < -0.39 is 11.3 Å². The lowest BCUT2D eigenvalue weighted by Crippen LogP contribution is -2.40. The Labute approximate surface area is 135 Å². The Balaban J connectivity index is 1.95. The van der Waals surface area contributed by atoms with Gasteiger partial charge in [0.25, 0.3) is 5.91 Å². The normalized spacial score (nSPS) is 15.7. The number of hydrogen-bond donors (Lipinski definition) is 2. The summed E-state index contributed by atoms with van der Waals surface area (Å²) in [7, 11) is 1.48. The third kappa shape index (κ3) is 4.09. The van der Waals surface area contributed by atoms with Crippen molar-refractivity contribution in [1.29, 1.82) is 0 Å². The number of carbonyl (C=O) groups excluding carboxylic acids is 3. The number of hydrogen-bond acceptors (Lipinski definition) is 4. The van der Waals surface area contributed by atoms with Gasteiger partial charge in [0, 0.05) is 7.05 Å². The first-order chi connectivity index (χ1) is 11.1. The maximum Gasteiger partial charge on any atom is 0.317 e. The monoisotopic (exact) mass is 318 g/mol. The van der Waals surface area contributed by atoms with Crippen molar-refractivity contribution < 1.29 is 19.1 Å². The first-order valence-electron chi connectivity index (χ1n) is 7.78. The maximum atomic E-state index is 12.6. The van der Waals surface area contributed by atoms with Crippen molar-refractivity contribution in [3.63, 3.8) is 0 Å². The van der Waals surface area contributed by atoms with Crippen molar-refractivity contribution in [1.82, 2.24) is 10.6 Å². The second-order valence-electron chi connectivity index (χ2n) is 5.68. The van der Waals surface area contributed by atoms with Crippen LogP contribution in [0.3, 0.4) is 0 Å². The number of carbonyl (C=O) groups is 3. The summed E-state index contributed by atoms with van der Waals surface area (Å²) in [6, 6.07) is 9.57. The van der Waals surface area contributed by atoms with E-state index in [1.54, 1.807) is 0 Å². The van der Waals surface area contributed by atoms with Crippen LogP contribution in [0.25, 0.3) is 0 Å². The predicted molar refractivity (Wildman–Crippen MR) is 84.6 cm³/mol. The van der Waals surface area contributed by atoms with Crippen molar-refractivity contribution in [3.8, 4) is 0 Å². The minimum Gasteiger partial charge on any atom is -0.455 e. The Morgan fingerprint density at radius 2 is 1.74 bits per heavy atom. The van der Waals surface area contributed by atoms with Gasteiger partial charge in [-0.15, -0.1) is 0 Å². The average Bonchev–Trinajstić information content (AvgIpc) is 3.09. The minimum atomic E-state index is -0.650. The van der Waals surface area contributed by atoms with E-state index in [0.29, 0.717) is 0 Å². The molecule has 0 aliphatic heterocycles. The van der Waals surface area contributed by atoms with Crippen LogP contribution >= 0.6 is 0 Å². The summed E-state index contributed by atoms with van der Waals surface area (Å²) in [6.45, 7) is -0.499. The van der Waals surface area contributed by atoms with E-state index in [9.17, 15) is 14.4 Å². The van der Waals surface area contributed by atoms with Crippen molar-refractivity contribution in [3.05, 3.63) is 35.9 Å². The number of ether oxygens (including phenoxy) is 1. The number of benzene rings is 1. The van der Waals surface area contributed by atoms with Gasteiger partial charge < -0.3 is 15.4 Å². The lowest BCUT2D eigenvalue weighted by atomic mass is 9.79. The molecule has 0 aromatic heterocycles. The minimum absolute atomic E-state index is 0.128. The van der Waals surface area contributed by atoms with Crippen LogP contribution in [-0.4, -0.2) is 38.0 Å². The van der Waals surface area contributed by atoms with Gasteiger partial charge in [0.05, 0.1) is 12.0 Å². The van der Waals surface area contributed by atoms with Gasteiger partial charge in [-0.1, -0.05) is 43.2 Å². The standard InChI is InChI=1S/C17H22N2O4/c1-18-14(20)11-19-15(21)12-23-16(22)17(9-5-6-10-17)13-7-3-2-4-8-13/h2-4,7-8H,5-6,9-12H2,1H3,(H,18,20)(H,19,21). The van der Waals surface area contributed by atoms with Crippen LogP contribution in [0.4, 0.5) is 0 Å². The van der Waals surface area contributed by atoms with Gasteiger partial charge in [-0.05, 0) is 18.4 Å². The molecular formula is C17H22N2O4. The molecule has 0 saturated heterocycles. The van der Waals surface area contributed by atoms with Crippen LogP contribution in [0.1, 0.15) is 31.2 Å². The van der Waals surface area contributed by atoms with Crippen LogP contribution in [0.15, 0.2) is 30.3 Å². The fourth-order valence-electron chi connectivity index (χ4n) is 2.93. The van der Waals surface area contributed by atoms with Gasteiger partial charge in [-0.3, -0.25) is 14.4 Å². The average molecular weight is 318 g/mol. The summed E-state index contributed by atoms with van der Waals surface area (Å²) in [6.07, 6.45) is 3.39. The van der Waals surface area contributed by atoms with Gasteiger partial charge >= 0.3 is 5.97 Å². The topological polar surface area (TPSA) is 84.5 Å². The summed E-state index contributed by atoms with van der Waals surface area (Å²) in [5, 5.41) is 4.80. The van der Waals surface area contributed by atoms with Gasteiger partial charge in [0.15, 0.2) is 6.61 Å². The molecule has 124 valence electrons. The van der Waals surface area contributed by atoms with Crippen molar-refractivity contribution in [2.45, 2.75) is 31.1 Å². The van der Waals surface area contributed by atoms with Crippen LogP contribution < -0.4 is 10.6 Å². The number of nitrogens with one attached hydrogen (secondary N) is 2. The smallest absolute Gasteiger partial charge is 0.317 e. The third-order valence-electron chi connectivity index (χ3n) is 4.23. The Kier molecular flexibility index (Phi) is 5.73. The molecule has 0 radical (unpaired) electrons. The molecule has 23 heavy (non-hydrogen) atoms. The molecule has 1 aromatic rings. The van der Waals surface area contributed by atoms with Gasteiger partial charge in [0.2, 0.25) is 5.91 Å². The molecule has 1 aliphatic carbocycles. The predicted octanol–water partition coefficient (Wildman–Crippen LogP) is 0.904. The summed E-state index contributed by atoms with van der Waals surface area (Å²) in [5.74, 6) is -1.15. The molecule has 2 amide bonds. The highest BCUT2D eigenvalue weighted by Crippen LogP contribution is 2.42. The lowest BCUT2D eigenvalue weighted by molar-refractivity contribution is -0.154. The first-order valence-corrected chi connectivity index (χ1v) is 7.78. The van der Waals surface area contributed by atoms with Crippen molar-refractivity contribution >= 4 is 17.8 Å². The van der Waals surface area contributed by atoms with Crippen LogP contribution in [0.5, 0.6) is 0 Å². The number of amides is 2. The van der Waals surface area contributed by atoms with E-state index in [1.807, 2.05) is 30.3 Å². The molecular weight excluding hydrogens is 296 g/mol. The lowest BCUT2D eigenvalue weighted by Gasteiger charge is -2.27. The van der Waals surface area contributed by atoms with E-state index in [1.165, 1.54) is 7.05 Å². The zero-order valence-corrected chi connectivity index (χ0v) is 13.3. The third-order valence-corrected chi connectivity index (χ3v) is 4.23. The van der Waals surface area contributed by atoms with Crippen LogP contribution in [-0.2, 0) is 24.5 Å². The molecule has 0 heterocycles. The molecule has 2 N–H and O–H groups in total. The highest BCUT2D eigenvalue weighted by molar-refractivity contribution is 5.88. The van der Waals surface area contributed by atoms with Crippen molar-refractivity contribution in [2.24, 2.45) is 0 Å². The van der Waals surface area contributed by atoms with E-state index >= 15 is 0 Å². The van der Waals surface area contributed by atoms with Gasteiger partial charge in [-0.25, -0.2) is 0 Å². The highest BCUT2D eigenvalue weighted by Gasteiger charge is 2.44. The molecule has 1 aromatic carbocycles. The van der Waals surface area contributed by atoms with Gasteiger partial charge in [0.1, 0.15) is 0 Å². The number of rotatable bonds is 6. The number of likely N-dealkylation sites (N-methyl/N-ethyl adjacent to an activating group) is 1. The fraction of sp³-hybridized carbons (Fsp3) is 0.471. The summed E-state index contributed by atoms with van der Waals surface area (Å²) in [4.78, 5) is 35.3. The molecule has 0 atom stereocenters. The SMILES string of the molecule is CNC(=O)CNC(=O)COC(=O)C1(c2ccccc2)CCCC1. The molecule has 0 unspecified atom stereocenters. The Hall–Kier alpha value is -2.37. The molecule has 0 bridgehead atoms. The largest absolute Gasteiger partial charge is 0.455 e. The van der Waals surface area contributed by atoms with E-state index in [-0.39, 0.29) is 25.0 Å². The molecule has 0 spiro atoms. The second kappa shape index (κ2) is 7.76. The van der Waals surface area contributed by atoms with E-state index in [2.05, 4.69) is 10.6 Å². The van der Waals surface area contributed by atoms with Crippen LogP contribution in [0, 0.1) is 0 Å². The zero-order valence-electron chi connectivity index (χ0n) is 13.3. The van der Waals surface area contributed by atoms with Gasteiger partial charge in [-0.2, -0.15) is 0 Å². The van der Waals surface area contributed by atoms with E-state index in [0.717, 1.165) is 31.2 Å². The molecule has 1 aliphatic rings. The quantitative estimate of drug-likeness (QED) is 0.763. The maximum absolute atomic E-state index is 12.6. The zero-order chi connectivity index (χ0) is 16.7. The summed E-state index contributed by atoms with van der Waals surface area (Å²) >= 11 is 0. The Bertz CT molecular complexity index is 565. The van der Waals surface area contributed by atoms with E-state index in [4.69, 9.17) is 4.74 Å². The van der Waals surface area contributed by atoms with Crippen molar-refractivity contribution in [2.75, 3.05) is 20.2 Å². The molecule has 2 rings (SSSR count). The Morgan fingerprint density at radius 1 is 1.09 bits per heavy atom. The molecule has 1 fully saturated rings.